The van der Waals surface area contributed by atoms with E-state index in [2.05, 4.69) is 15.2 Å². The van der Waals surface area contributed by atoms with Gasteiger partial charge in [0.25, 0.3) is 5.91 Å². The lowest BCUT2D eigenvalue weighted by Gasteiger charge is -2.23. The molecule has 6 nitrogen and oxygen atoms in total. The van der Waals surface area contributed by atoms with Crippen LogP contribution in [0.5, 0.6) is 0 Å². The van der Waals surface area contributed by atoms with E-state index < -0.39 is 5.41 Å². The van der Waals surface area contributed by atoms with E-state index in [1.165, 1.54) is 0 Å². The van der Waals surface area contributed by atoms with Gasteiger partial charge in [-0.05, 0) is 37.1 Å². The quantitative estimate of drug-likeness (QED) is 0.862. The molecule has 0 unspecified atom stereocenters. The Balaban J connectivity index is 1.63. The fraction of sp³-hybridized carbons (Fsp3) is 0.435. The average molecular weight is 395 g/mol. The van der Waals surface area contributed by atoms with Gasteiger partial charge in [0.05, 0.1) is 11.9 Å². The molecule has 2 heterocycles. The Morgan fingerprint density at radius 3 is 2.41 bits per heavy atom. The van der Waals surface area contributed by atoms with Gasteiger partial charge in [0, 0.05) is 37.2 Å². The van der Waals surface area contributed by atoms with Gasteiger partial charge in [0.1, 0.15) is 5.82 Å². The first-order chi connectivity index (χ1) is 13.8. The zero-order chi connectivity index (χ0) is 21.0. The van der Waals surface area contributed by atoms with Crippen LogP contribution in [0, 0.1) is 12.3 Å². The number of amides is 2. The lowest BCUT2D eigenvalue weighted by Crippen LogP contribution is -2.35. The maximum atomic E-state index is 12.9. The van der Waals surface area contributed by atoms with Crippen LogP contribution in [0.2, 0.25) is 0 Å². The molecule has 1 fully saturated rings. The van der Waals surface area contributed by atoms with Crippen LogP contribution in [0.15, 0.2) is 42.6 Å². The standard InChI is InChI=1S/C23H30N4O2/c1-17-8-5-6-9-19(17)21(28)27-13-7-12-26(14-15-27)20-11-10-18(16-24-20)25-22(29)23(2,3)4/h5-6,8-11,16H,7,12-15H2,1-4H3,(H,25,29). The summed E-state index contributed by atoms with van der Waals surface area (Å²) in [6.45, 7) is 10.6. The number of hydrogen-bond donors (Lipinski definition) is 1. The average Bonchev–Trinajstić information content (AvgIpc) is 2.94. The van der Waals surface area contributed by atoms with E-state index in [4.69, 9.17) is 0 Å². The van der Waals surface area contributed by atoms with Crippen molar-refractivity contribution in [2.45, 2.75) is 34.1 Å². The van der Waals surface area contributed by atoms with Gasteiger partial charge in [-0.25, -0.2) is 4.98 Å². The number of hydrogen-bond acceptors (Lipinski definition) is 4. The zero-order valence-electron chi connectivity index (χ0n) is 17.7. The largest absolute Gasteiger partial charge is 0.355 e. The van der Waals surface area contributed by atoms with Gasteiger partial charge in [-0.2, -0.15) is 0 Å². The van der Waals surface area contributed by atoms with Crippen molar-refractivity contribution in [2.24, 2.45) is 5.41 Å². The topological polar surface area (TPSA) is 65.5 Å². The second kappa shape index (κ2) is 8.64. The van der Waals surface area contributed by atoms with Crippen LogP contribution < -0.4 is 10.2 Å². The van der Waals surface area contributed by atoms with E-state index >= 15 is 0 Å². The van der Waals surface area contributed by atoms with Gasteiger partial charge >= 0.3 is 0 Å². The highest BCUT2D eigenvalue weighted by atomic mass is 16.2. The van der Waals surface area contributed by atoms with Gasteiger partial charge in [-0.15, -0.1) is 0 Å². The Hall–Kier alpha value is -2.89. The molecule has 1 aliphatic heterocycles. The molecule has 1 aliphatic rings. The van der Waals surface area contributed by atoms with Crippen LogP contribution in [0.25, 0.3) is 0 Å². The minimum Gasteiger partial charge on any atom is -0.355 e. The normalized spacial score (nSPS) is 15.0. The maximum Gasteiger partial charge on any atom is 0.254 e. The molecule has 6 heteroatoms. The third-order valence-electron chi connectivity index (χ3n) is 5.17. The molecular weight excluding hydrogens is 364 g/mol. The van der Waals surface area contributed by atoms with Crippen molar-refractivity contribution >= 4 is 23.3 Å². The molecule has 1 N–H and O–H groups in total. The molecule has 29 heavy (non-hydrogen) atoms. The summed E-state index contributed by atoms with van der Waals surface area (Å²) in [6, 6.07) is 11.5. The molecule has 0 aliphatic carbocycles. The second-order valence-electron chi connectivity index (χ2n) is 8.56. The van der Waals surface area contributed by atoms with E-state index in [-0.39, 0.29) is 11.8 Å². The molecular formula is C23H30N4O2. The number of carbonyl (C=O) groups excluding carboxylic acids is 2. The Morgan fingerprint density at radius 1 is 1.00 bits per heavy atom. The third-order valence-corrected chi connectivity index (χ3v) is 5.17. The Morgan fingerprint density at radius 2 is 1.76 bits per heavy atom. The van der Waals surface area contributed by atoms with Crippen LogP contribution in [0.4, 0.5) is 11.5 Å². The van der Waals surface area contributed by atoms with Gasteiger partial charge < -0.3 is 15.1 Å². The number of aryl methyl sites for hydroxylation is 1. The summed E-state index contributed by atoms with van der Waals surface area (Å²) < 4.78 is 0. The van der Waals surface area contributed by atoms with Gasteiger partial charge in [-0.3, -0.25) is 9.59 Å². The fourth-order valence-electron chi connectivity index (χ4n) is 3.30. The van der Waals surface area contributed by atoms with Crippen LogP contribution in [0.3, 0.4) is 0 Å². The first-order valence-corrected chi connectivity index (χ1v) is 10.1. The van der Waals surface area contributed by atoms with Crippen molar-refractivity contribution in [3.05, 3.63) is 53.7 Å². The summed E-state index contributed by atoms with van der Waals surface area (Å²) in [5.74, 6) is 0.925. The number of rotatable bonds is 3. The van der Waals surface area contributed by atoms with Crippen LogP contribution in [-0.2, 0) is 4.79 Å². The smallest absolute Gasteiger partial charge is 0.254 e. The molecule has 1 saturated heterocycles. The van der Waals surface area contributed by atoms with Gasteiger partial charge in [-0.1, -0.05) is 39.0 Å². The number of anilines is 2. The second-order valence-corrected chi connectivity index (χ2v) is 8.56. The predicted octanol–water partition coefficient (Wildman–Crippen LogP) is 3.73. The van der Waals surface area contributed by atoms with Crippen molar-refractivity contribution < 1.29 is 9.59 Å². The van der Waals surface area contributed by atoms with Crippen molar-refractivity contribution in [3.8, 4) is 0 Å². The highest BCUT2D eigenvalue weighted by Gasteiger charge is 2.23. The third kappa shape index (κ3) is 5.13. The number of nitrogens with zero attached hydrogens (tertiary/aromatic N) is 3. The van der Waals surface area contributed by atoms with Crippen molar-refractivity contribution in [1.82, 2.24) is 9.88 Å². The summed E-state index contributed by atoms with van der Waals surface area (Å²) in [4.78, 5) is 33.7. The Bertz CT molecular complexity index is 871. The Labute approximate surface area is 172 Å². The maximum absolute atomic E-state index is 12.9. The fourth-order valence-corrected chi connectivity index (χ4v) is 3.30. The lowest BCUT2D eigenvalue weighted by molar-refractivity contribution is -0.123. The first-order valence-electron chi connectivity index (χ1n) is 10.1. The summed E-state index contributed by atoms with van der Waals surface area (Å²) >= 11 is 0. The molecule has 3 rings (SSSR count). The highest BCUT2D eigenvalue weighted by molar-refractivity contribution is 5.96. The summed E-state index contributed by atoms with van der Waals surface area (Å²) in [5, 5.41) is 2.90. The molecule has 2 amide bonds. The molecule has 0 radical (unpaired) electrons. The lowest BCUT2D eigenvalue weighted by atomic mass is 9.96. The number of nitrogens with one attached hydrogen (secondary N) is 1. The van der Waals surface area contributed by atoms with Gasteiger partial charge in [0.15, 0.2) is 0 Å². The summed E-state index contributed by atoms with van der Waals surface area (Å²) in [7, 11) is 0. The van der Waals surface area contributed by atoms with Crippen LogP contribution >= 0.6 is 0 Å². The molecule has 2 aromatic rings. The molecule has 0 spiro atoms. The van der Waals surface area contributed by atoms with Crippen LogP contribution in [0.1, 0.15) is 43.1 Å². The minimum absolute atomic E-state index is 0.0350. The van der Waals surface area contributed by atoms with E-state index in [1.807, 2.05) is 69.0 Å². The van der Waals surface area contributed by atoms with Crippen molar-refractivity contribution in [3.63, 3.8) is 0 Å². The summed E-state index contributed by atoms with van der Waals surface area (Å²) in [5.41, 5.74) is 2.03. The monoisotopic (exact) mass is 394 g/mol. The predicted molar refractivity (Wildman–Crippen MR) is 116 cm³/mol. The number of carbonyl (C=O) groups is 2. The first kappa shape index (κ1) is 20.8. The number of pyridine rings is 1. The number of aromatic nitrogens is 1. The molecule has 154 valence electrons. The molecule has 0 atom stereocenters. The SMILES string of the molecule is Cc1ccccc1C(=O)N1CCCN(c2ccc(NC(=O)C(C)(C)C)cn2)CC1. The summed E-state index contributed by atoms with van der Waals surface area (Å²) in [6.07, 6.45) is 2.59. The van der Waals surface area contributed by atoms with Crippen LogP contribution in [-0.4, -0.2) is 47.9 Å². The van der Waals surface area contributed by atoms with E-state index in [0.29, 0.717) is 12.2 Å². The van der Waals surface area contributed by atoms with E-state index in [0.717, 1.165) is 43.0 Å². The number of benzene rings is 1. The highest BCUT2D eigenvalue weighted by Crippen LogP contribution is 2.20. The molecule has 0 saturated carbocycles. The molecule has 1 aromatic carbocycles. The zero-order valence-corrected chi connectivity index (χ0v) is 17.7. The van der Waals surface area contributed by atoms with Crippen molar-refractivity contribution in [1.29, 1.82) is 0 Å². The van der Waals surface area contributed by atoms with E-state index in [1.54, 1.807) is 6.20 Å². The Kier molecular flexibility index (Phi) is 6.20. The minimum atomic E-state index is -0.448. The molecule has 1 aromatic heterocycles. The van der Waals surface area contributed by atoms with E-state index in [9.17, 15) is 9.59 Å². The van der Waals surface area contributed by atoms with Gasteiger partial charge in [0.2, 0.25) is 5.91 Å². The molecule has 0 bridgehead atoms. The van der Waals surface area contributed by atoms with Crippen molar-refractivity contribution in [2.75, 3.05) is 36.4 Å².